The van der Waals surface area contributed by atoms with E-state index in [1.165, 1.54) is 22.9 Å². The molecule has 1 heterocycles. The Morgan fingerprint density at radius 1 is 1.00 bits per heavy atom. The number of hydrogen-bond donors (Lipinski definition) is 1. The van der Waals surface area contributed by atoms with Gasteiger partial charge >= 0.3 is 0 Å². The molecule has 0 aliphatic rings. The van der Waals surface area contributed by atoms with Crippen molar-refractivity contribution in [1.29, 1.82) is 0 Å². The minimum atomic E-state index is -0.364. The molecule has 0 radical (unpaired) electrons. The summed E-state index contributed by atoms with van der Waals surface area (Å²) in [4.78, 5) is 12.6. The highest BCUT2D eigenvalue weighted by Gasteiger charge is 2.20. The van der Waals surface area contributed by atoms with Crippen LogP contribution in [0.1, 0.15) is 29.2 Å². The monoisotopic (exact) mass is 381 g/mol. The fourth-order valence-electron chi connectivity index (χ4n) is 2.69. The van der Waals surface area contributed by atoms with Crippen LogP contribution in [0, 0.1) is 27.7 Å². The Balaban J connectivity index is 1.69. The number of aromatic nitrogens is 2. The Bertz CT molecular complexity index is 961. The highest BCUT2D eigenvalue weighted by Crippen LogP contribution is 2.28. The van der Waals surface area contributed by atoms with Gasteiger partial charge in [0.15, 0.2) is 0 Å². The van der Waals surface area contributed by atoms with Gasteiger partial charge in [0, 0.05) is 11.3 Å². The fourth-order valence-corrected chi connectivity index (χ4v) is 3.37. The van der Waals surface area contributed by atoms with Crippen LogP contribution in [0.2, 0.25) is 0 Å². The number of amides is 1. The van der Waals surface area contributed by atoms with Gasteiger partial charge in [-0.3, -0.25) is 4.79 Å². The lowest BCUT2D eigenvalue weighted by atomic mass is 10.1. The number of carbonyl (C=O) groups is 1. The van der Waals surface area contributed by atoms with Crippen LogP contribution in [0.3, 0.4) is 0 Å². The summed E-state index contributed by atoms with van der Waals surface area (Å²) in [7, 11) is 0. The van der Waals surface area contributed by atoms with E-state index in [2.05, 4.69) is 22.4 Å². The SMILES string of the molecule is Cc1ccc(-c2nnc(S[C@H](C)C(=O)Nc3c(C)cccc3C)o2)cc1C. The number of rotatable bonds is 5. The lowest BCUT2D eigenvalue weighted by molar-refractivity contribution is -0.115. The molecular formula is C21H23N3O2S. The van der Waals surface area contributed by atoms with Gasteiger partial charge in [-0.25, -0.2) is 0 Å². The molecule has 1 amide bonds. The number of carbonyl (C=O) groups excluding carboxylic acids is 1. The zero-order chi connectivity index (χ0) is 19.6. The van der Waals surface area contributed by atoms with Crippen LogP contribution in [0.5, 0.6) is 0 Å². The van der Waals surface area contributed by atoms with Crippen molar-refractivity contribution in [2.24, 2.45) is 0 Å². The molecule has 0 fully saturated rings. The van der Waals surface area contributed by atoms with Gasteiger partial charge < -0.3 is 9.73 Å². The van der Waals surface area contributed by atoms with Crippen molar-refractivity contribution < 1.29 is 9.21 Å². The largest absolute Gasteiger partial charge is 0.411 e. The molecule has 0 bridgehead atoms. The Labute approximate surface area is 163 Å². The Morgan fingerprint density at radius 2 is 1.70 bits per heavy atom. The van der Waals surface area contributed by atoms with Crippen LogP contribution < -0.4 is 5.32 Å². The molecule has 1 N–H and O–H groups in total. The van der Waals surface area contributed by atoms with Gasteiger partial charge in [0.1, 0.15) is 0 Å². The maximum Gasteiger partial charge on any atom is 0.277 e. The predicted octanol–water partition coefficient (Wildman–Crippen LogP) is 5.09. The molecule has 6 heteroatoms. The number of aryl methyl sites for hydroxylation is 4. The molecule has 3 rings (SSSR count). The van der Waals surface area contributed by atoms with Crippen molar-refractivity contribution in [3.8, 4) is 11.5 Å². The van der Waals surface area contributed by atoms with E-state index in [9.17, 15) is 4.79 Å². The van der Waals surface area contributed by atoms with E-state index in [0.29, 0.717) is 11.1 Å². The van der Waals surface area contributed by atoms with Gasteiger partial charge in [0.25, 0.3) is 5.22 Å². The molecule has 1 atom stereocenters. The average molecular weight is 382 g/mol. The lowest BCUT2D eigenvalue weighted by Crippen LogP contribution is -2.23. The number of thioether (sulfide) groups is 1. The molecule has 2 aromatic carbocycles. The first kappa shape index (κ1) is 19.2. The van der Waals surface area contributed by atoms with Gasteiger partial charge in [-0.05, 0) is 69.0 Å². The molecule has 3 aromatic rings. The Morgan fingerprint density at radius 3 is 2.37 bits per heavy atom. The normalized spacial score (nSPS) is 12.0. The number of anilines is 1. The molecule has 0 unspecified atom stereocenters. The molecule has 0 saturated carbocycles. The molecule has 0 aliphatic carbocycles. The van der Waals surface area contributed by atoms with Gasteiger partial charge in [-0.2, -0.15) is 0 Å². The van der Waals surface area contributed by atoms with E-state index in [1.54, 1.807) is 0 Å². The number of hydrogen-bond acceptors (Lipinski definition) is 5. The molecule has 27 heavy (non-hydrogen) atoms. The van der Waals surface area contributed by atoms with Crippen LogP contribution in [-0.2, 0) is 4.79 Å². The fraction of sp³-hybridized carbons (Fsp3) is 0.286. The van der Waals surface area contributed by atoms with Gasteiger partial charge in [-0.15, -0.1) is 10.2 Å². The summed E-state index contributed by atoms with van der Waals surface area (Å²) in [6, 6.07) is 12.0. The first-order chi connectivity index (χ1) is 12.8. The summed E-state index contributed by atoms with van der Waals surface area (Å²) < 4.78 is 5.74. The molecule has 140 valence electrons. The van der Waals surface area contributed by atoms with Gasteiger partial charge in [0.2, 0.25) is 11.8 Å². The number of para-hydroxylation sites is 1. The number of nitrogens with one attached hydrogen (secondary N) is 1. The van der Waals surface area contributed by atoms with Crippen molar-refractivity contribution in [3.05, 3.63) is 58.7 Å². The summed E-state index contributed by atoms with van der Waals surface area (Å²) in [6.45, 7) is 9.89. The number of nitrogens with zero attached hydrogens (tertiary/aromatic N) is 2. The van der Waals surface area contributed by atoms with Crippen molar-refractivity contribution in [2.75, 3.05) is 5.32 Å². The highest BCUT2D eigenvalue weighted by molar-refractivity contribution is 8.00. The quantitative estimate of drug-likeness (QED) is 0.624. The summed E-state index contributed by atoms with van der Waals surface area (Å²) in [6.07, 6.45) is 0. The summed E-state index contributed by atoms with van der Waals surface area (Å²) >= 11 is 1.25. The third-order valence-corrected chi connectivity index (χ3v) is 5.47. The van der Waals surface area contributed by atoms with Crippen molar-refractivity contribution in [1.82, 2.24) is 10.2 Å². The third kappa shape index (κ3) is 4.39. The Kier molecular flexibility index (Phi) is 5.65. The van der Waals surface area contributed by atoms with Gasteiger partial charge in [-0.1, -0.05) is 36.0 Å². The van der Waals surface area contributed by atoms with Crippen LogP contribution in [0.25, 0.3) is 11.5 Å². The predicted molar refractivity (Wildman–Crippen MR) is 109 cm³/mol. The molecule has 0 aliphatic heterocycles. The smallest absolute Gasteiger partial charge is 0.277 e. The minimum absolute atomic E-state index is 0.0941. The summed E-state index contributed by atoms with van der Waals surface area (Å²) in [5, 5.41) is 11.2. The van der Waals surface area contributed by atoms with Crippen molar-refractivity contribution in [3.63, 3.8) is 0 Å². The molecular weight excluding hydrogens is 358 g/mol. The molecule has 0 saturated heterocycles. The second-order valence-corrected chi connectivity index (χ2v) is 7.98. The first-order valence-electron chi connectivity index (χ1n) is 8.80. The molecule has 1 aromatic heterocycles. The van der Waals surface area contributed by atoms with Crippen LogP contribution in [0.15, 0.2) is 46.0 Å². The topological polar surface area (TPSA) is 68.0 Å². The number of benzene rings is 2. The van der Waals surface area contributed by atoms with Crippen molar-refractivity contribution >= 4 is 23.4 Å². The van der Waals surface area contributed by atoms with E-state index in [-0.39, 0.29) is 11.2 Å². The first-order valence-corrected chi connectivity index (χ1v) is 9.68. The standard InChI is InChI=1S/C21H23N3O2S/c1-12-9-10-17(11-15(12)4)20-23-24-21(26-20)27-16(5)19(25)22-18-13(2)7-6-8-14(18)3/h6-11,16H,1-5H3,(H,22,25)/t16-/m1/s1. The van der Waals surface area contributed by atoms with E-state index in [1.807, 2.05) is 64.1 Å². The van der Waals surface area contributed by atoms with Crippen molar-refractivity contribution in [2.45, 2.75) is 45.1 Å². The Hall–Kier alpha value is -2.60. The van der Waals surface area contributed by atoms with E-state index < -0.39 is 0 Å². The maximum absolute atomic E-state index is 12.6. The third-order valence-electron chi connectivity index (χ3n) is 4.54. The summed E-state index contributed by atoms with van der Waals surface area (Å²) in [5.41, 5.74) is 6.19. The maximum atomic E-state index is 12.6. The van der Waals surface area contributed by atoms with E-state index in [0.717, 1.165) is 22.4 Å². The zero-order valence-corrected chi connectivity index (χ0v) is 17.0. The van der Waals surface area contributed by atoms with Gasteiger partial charge in [0.05, 0.1) is 5.25 Å². The lowest BCUT2D eigenvalue weighted by Gasteiger charge is -2.14. The second-order valence-electron chi connectivity index (χ2n) is 6.69. The highest BCUT2D eigenvalue weighted by atomic mass is 32.2. The molecule has 0 spiro atoms. The summed E-state index contributed by atoms with van der Waals surface area (Å²) in [5.74, 6) is 0.367. The minimum Gasteiger partial charge on any atom is -0.411 e. The molecule has 5 nitrogen and oxygen atoms in total. The van der Waals surface area contributed by atoms with Crippen LogP contribution >= 0.6 is 11.8 Å². The zero-order valence-electron chi connectivity index (χ0n) is 16.2. The van der Waals surface area contributed by atoms with E-state index >= 15 is 0 Å². The second kappa shape index (κ2) is 7.96. The van der Waals surface area contributed by atoms with Crippen LogP contribution in [0.4, 0.5) is 5.69 Å². The van der Waals surface area contributed by atoms with E-state index in [4.69, 9.17) is 4.42 Å². The van der Waals surface area contributed by atoms with Crippen LogP contribution in [-0.4, -0.2) is 21.4 Å². The average Bonchev–Trinajstić information content (AvgIpc) is 3.09.